The summed E-state index contributed by atoms with van der Waals surface area (Å²) >= 11 is 0. The van der Waals surface area contributed by atoms with Crippen molar-refractivity contribution >= 4 is 51.8 Å². The number of amides is 3. The van der Waals surface area contributed by atoms with Crippen molar-refractivity contribution in [3.8, 4) is 5.75 Å². The Morgan fingerprint density at radius 3 is 2.46 bits per heavy atom. The lowest BCUT2D eigenvalue weighted by Gasteiger charge is -2.36. The monoisotopic (exact) mass is 872 g/mol. The van der Waals surface area contributed by atoms with Crippen LogP contribution < -0.4 is 21.2 Å². The Morgan fingerprint density at radius 2 is 1.70 bits per heavy atom. The molecule has 4 fully saturated rings. The zero-order chi connectivity index (χ0) is 44.5. The maximum absolute atomic E-state index is 14.2. The first-order chi connectivity index (χ1) is 30.3. The number of nitrogens with zero attached hydrogens (tertiary/aromatic N) is 6. The van der Waals surface area contributed by atoms with E-state index in [4.69, 9.17) is 15.0 Å². The SMILES string of the molecule is Cn1c(=O)n([C@@H]2CCC(=O)NC2=O)c2ccc(CCCN3C[C@@H]4CCN(c5ccc6cn(C7CCC(CNC(=O)c8cc(F)c(O)c(F)c8F)CC7)nc6c5)C[C@@H]4C3)cc21.O=CO. The number of carboxylic acid groups (broad SMARTS) is 1. The van der Waals surface area contributed by atoms with Crippen LogP contribution in [0.5, 0.6) is 5.75 Å². The van der Waals surface area contributed by atoms with E-state index in [1.807, 2.05) is 12.1 Å². The van der Waals surface area contributed by atoms with Crippen LogP contribution in [-0.2, 0) is 27.9 Å². The lowest BCUT2D eigenvalue weighted by atomic mass is 9.86. The zero-order valence-electron chi connectivity index (χ0n) is 34.9. The number of aromatic hydroxyl groups is 1. The third-order valence-corrected chi connectivity index (χ3v) is 13.5. The van der Waals surface area contributed by atoms with Crippen LogP contribution in [-0.4, -0.2) is 97.5 Å². The molecule has 3 saturated heterocycles. The summed E-state index contributed by atoms with van der Waals surface area (Å²) in [5, 5.41) is 27.2. The number of nitrogens with one attached hydrogen (secondary N) is 2. The molecule has 0 radical (unpaired) electrons. The summed E-state index contributed by atoms with van der Waals surface area (Å²) in [4.78, 5) is 63.4. The van der Waals surface area contributed by atoms with E-state index < -0.39 is 46.6 Å². The number of anilines is 1. The van der Waals surface area contributed by atoms with Gasteiger partial charge in [-0.1, -0.05) is 6.07 Å². The van der Waals surface area contributed by atoms with Crippen LogP contribution in [0.25, 0.3) is 21.9 Å². The second kappa shape index (κ2) is 18.3. The van der Waals surface area contributed by atoms with Crippen molar-refractivity contribution < 1.29 is 42.6 Å². The molecule has 0 bridgehead atoms. The molecule has 2 aromatic heterocycles. The van der Waals surface area contributed by atoms with Crippen LogP contribution in [0, 0.1) is 35.2 Å². The fourth-order valence-electron chi connectivity index (χ4n) is 10.1. The number of hydrogen-bond donors (Lipinski definition) is 4. The number of benzene rings is 3. The van der Waals surface area contributed by atoms with Gasteiger partial charge in [-0.05, 0) is 118 Å². The molecule has 4 N–H and O–H groups in total. The van der Waals surface area contributed by atoms with Crippen molar-refractivity contribution in [3.63, 3.8) is 0 Å². The highest BCUT2D eigenvalue weighted by Crippen LogP contribution is 2.36. The molecule has 5 aromatic rings. The molecule has 0 spiro atoms. The number of imidazole rings is 1. The molecule has 15 nitrogen and oxygen atoms in total. The molecule has 1 saturated carbocycles. The Kier molecular flexibility index (Phi) is 12.6. The Labute approximate surface area is 360 Å². The van der Waals surface area contributed by atoms with E-state index in [9.17, 15) is 37.5 Å². The number of imide groups is 1. The van der Waals surface area contributed by atoms with Crippen LogP contribution >= 0.6 is 0 Å². The van der Waals surface area contributed by atoms with Crippen LogP contribution in [0.1, 0.15) is 79.4 Å². The minimum atomic E-state index is -1.78. The van der Waals surface area contributed by atoms with Gasteiger partial charge in [0.2, 0.25) is 17.6 Å². The maximum Gasteiger partial charge on any atom is 0.329 e. The van der Waals surface area contributed by atoms with E-state index in [0.717, 1.165) is 99.7 Å². The number of aromatic nitrogens is 4. The van der Waals surface area contributed by atoms with Gasteiger partial charge in [0.25, 0.3) is 12.4 Å². The van der Waals surface area contributed by atoms with E-state index in [1.54, 1.807) is 11.6 Å². The predicted molar refractivity (Wildman–Crippen MR) is 227 cm³/mol. The van der Waals surface area contributed by atoms with E-state index in [0.29, 0.717) is 29.8 Å². The van der Waals surface area contributed by atoms with Crippen molar-refractivity contribution in [3.05, 3.63) is 87.7 Å². The average Bonchev–Trinajstić information content (AvgIpc) is 3.97. The lowest BCUT2D eigenvalue weighted by molar-refractivity contribution is -0.135. The Bertz CT molecular complexity index is 2620. The summed E-state index contributed by atoms with van der Waals surface area (Å²) in [6.45, 7) is 5.19. The van der Waals surface area contributed by atoms with Crippen molar-refractivity contribution in [2.75, 3.05) is 44.2 Å². The molecular weight excluding hydrogens is 822 g/mol. The number of hydrogen-bond acceptors (Lipinski definition) is 9. The highest BCUT2D eigenvalue weighted by molar-refractivity contribution is 6.00. The summed E-state index contributed by atoms with van der Waals surface area (Å²) in [6, 6.07) is 12.6. The van der Waals surface area contributed by atoms with Crippen molar-refractivity contribution in [1.82, 2.24) is 34.4 Å². The van der Waals surface area contributed by atoms with Crippen molar-refractivity contribution in [2.45, 2.75) is 69.9 Å². The molecule has 5 heterocycles. The minimum absolute atomic E-state index is 0.132. The number of halogens is 3. The Morgan fingerprint density at radius 1 is 0.937 bits per heavy atom. The number of phenols is 1. The normalized spacial score (nSPS) is 22.7. The van der Waals surface area contributed by atoms with Gasteiger partial charge in [0.15, 0.2) is 17.4 Å². The second-order valence-corrected chi connectivity index (χ2v) is 17.3. The van der Waals surface area contributed by atoms with Gasteiger partial charge in [-0.15, -0.1) is 0 Å². The Balaban J connectivity index is 0.00000177. The molecule has 63 heavy (non-hydrogen) atoms. The quantitative estimate of drug-likeness (QED) is 0.0843. The standard InChI is InChI=1S/C44H49F3N8O5.CH2O2/c1-51-37-17-25(6-11-35(37)55(44(51)60)36-12-13-38(56)49-43(36)59)3-2-15-52-21-27-14-16-53(23-29(27)22-52)31-10-7-28-24-54(50-34(28)18-31)30-8-4-26(5-9-30)20-48-42(58)32-19-33(45)41(57)40(47)39(32)46;2-1-3/h6-7,10-11,17-19,24,26-27,29-30,36,57H,2-5,8-9,12-16,20-23H2,1H3,(H,48,58)(H,49,56,59);1H,(H,2,3)/t26?,27-,29-,30?,36+;/m0./s1. The first-order valence-electron chi connectivity index (χ1n) is 21.6. The van der Waals surface area contributed by atoms with E-state index >= 15 is 0 Å². The number of aryl methyl sites for hydroxylation is 2. The first-order valence-corrected chi connectivity index (χ1v) is 21.6. The number of rotatable bonds is 10. The van der Waals surface area contributed by atoms with Crippen LogP contribution in [0.2, 0.25) is 0 Å². The topological polar surface area (TPSA) is 184 Å². The average molecular weight is 873 g/mol. The van der Waals surface area contributed by atoms with Crippen LogP contribution in [0.4, 0.5) is 18.9 Å². The largest absolute Gasteiger partial charge is 0.503 e. The molecule has 18 heteroatoms. The summed E-state index contributed by atoms with van der Waals surface area (Å²) in [7, 11) is 1.73. The van der Waals surface area contributed by atoms with Gasteiger partial charge in [0, 0.05) is 63.5 Å². The highest BCUT2D eigenvalue weighted by Gasteiger charge is 2.37. The molecule has 4 aliphatic rings. The molecule has 9 rings (SSSR count). The van der Waals surface area contributed by atoms with Gasteiger partial charge >= 0.3 is 5.69 Å². The molecule has 3 aliphatic heterocycles. The van der Waals surface area contributed by atoms with Gasteiger partial charge in [-0.2, -0.15) is 9.49 Å². The molecule has 3 aromatic carbocycles. The van der Waals surface area contributed by atoms with Gasteiger partial charge < -0.3 is 25.3 Å². The third kappa shape index (κ3) is 8.90. The number of piperidine rings is 2. The molecule has 0 unspecified atom stereocenters. The fourth-order valence-corrected chi connectivity index (χ4v) is 10.1. The molecule has 3 atom stereocenters. The van der Waals surface area contributed by atoms with Crippen molar-refractivity contribution in [1.29, 1.82) is 0 Å². The van der Waals surface area contributed by atoms with E-state index in [1.165, 1.54) is 10.3 Å². The zero-order valence-corrected chi connectivity index (χ0v) is 34.9. The molecule has 1 aliphatic carbocycles. The van der Waals surface area contributed by atoms with E-state index in [2.05, 4.69) is 55.6 Å². The number of likely N-dealkylation sites (tertiary alicyclic amines) is 1. The van der Waals surface area contributed by atoms with Crippen molar-refractivity contribution in [2.24, 2.45) is 24.8 Å². The smallest absolute Gasteiger partial charge is 0.329 e. The summed E-state index contributed by atoms with van der Waals surface area (Å²) in [6.07, 6.45) is 8.96. The Hall–Kier alpha value is -6.17. The first kappa shape index (κ1) is 43.5. The van der Waals surface area contributed by atoms with Gasteiger partial charge in [0.05, 0.1) is 28.2 Å². The van der Waals surface area contributed by atoms with Crippen LogP contribution in [0.3, 0.4) is 0 Å². The fraction of sp³-hybridized carbons (Fsp3) is 0.467. The summed E-state index contributed by atoms with van der Waals surface area (Å²) < 4.78 is 46.8. The van der Waals surface area contributed by atoms with Crippen LogP contribution in [0.15, 0.2) is 53.5 Å². The van der Waals surface area contributed by atoms with Gasteiger partial charge in [-0.25, -0.2) is 13.6 Å². The summed E-state index contributed by atoms with van der Waals surface area (Å²) in [5.74, 6) is -6.44. The van der Waals surface area contributed by atoms with Gasteiger partial charge in [-0.3, -0.25) is 38.3 Å². The molecular formula is C45H51F3N8O7. The second-order valence-electron chi connectivity index (χ2n) is 17.3. The van der Waals surface area contributed by atoms with Gasteiger partial charge in [0.1, 0.15) is 6.04 Å². The third-order valence-electron chi connectivity index (χ3n) is 13.5. The van der Waals surface area contributed by atoms with E-state index in [-0.39, 0.29) is 43.0 Å². The predicted octanol–water partition coefficient (Wildman–Crippen LogP) is 5.04. The summed E-state index contributed by atoms with van der Waals surface area (Å²) in [5.41, 5.74) is 3.76. The number of phenolic OH excluding ortho intramolecular Hbond substituents is 1. The highest BCUT2D eigenvalue weighted by atomic mass is 19.2. The number of carbonyl (C=O) groups is 4. The number of fused-ring (bicyclic) bond motifs is 3. The molecule has 334 valence electrons. The molecule has 3 amide bonds. The number of carbonyl (C=O) groups excluding carboxylic acids is 3. The minimum Gasteiger partial charge on any atom is -0.503 e. The lowest BCUT2D eigenvalue weighted by Crippen LogP contribution is -2.44. The maximum atomic E-state index is 14.2.